The highest BCUT2D eigenvalue weighted by atomic mass is 79.9. The zero-order chi connectivity index (χ0) is 14.9. The number of halogens is 1. The van der Waals surface area contributed by atoms with Crippen LogP contribution in [0.4, 0.5) is 11.4 Å². The molecule has 7 heteroatoms. The topological polar surface area (TPSA) is 72.2 Å². The van der Waals surface area contributed by atoms with Crippen LogP contribution in [-0.2, 0) is 16.4 Å². The van der Waals surface area contributed by atoms with E-state index in [0.717, 1.165) is 21.3 Å². The fourth-order valence-corrected chi connectivity index (χ4v) is 5.02. The molecule has 3 N–H and O–H groups in total. The van der Waals surface area contributed by atoms with Crippen molar-refractivity contribution in [2.75, 3.05) is 10.5 Å². The van der Waals surface area contributed by atoms with Gasteiger partial charge in [-0.1, -0.05) is 13.0 Å². The van der Waals surface area contributed by atoms with E-state index in [1.807, 2.05) is 19.9 Å². The van der Waals surface area contributed by atoms with Crippen LogP contribution in [0.3, 0.4) is 0 Å². The summed E-state index contributed by atoms with van der Waals surface area (Å²) in [5.74, 6) is 0. The van der Waals surface area contributed by atoms with Crippen molar-refractivity contribution in [1.82, 2.24) is 0 Å². The van der Waals surface area contributed by atoms with Crippen molar-refractivity contribution in [2.24, 2.45) is 0 Å². The molecule has 0 bridgehead atoms. The highest BCUT2D eigenvalue weighted by Gasteiger charge is 2.18. The van der Waals surface area contributed by atoms with Crippen LogP contribution in [0, 0.1) is 6.92 Å². The van der Waals surface area contributed by atoms with E-state index < -0.39 is 10.0 Å². The molecule has 0 radical (unpaired) electrons. The number of benzene rings is 1. The first-order valence-electron chi connectivity index (χ1n) is 6.00. The standard InChI is InChI=1S/C13H15BrN2O2S2/c1-3-9-4-5-10(7-11(9)15)16-20(17,18)12-6-8(2)13(14)19-12/h4-7,16H,3,15H2,1-2H3. The third-order valence-corrected chi connectivity index (χ3v) is 6.87. The molecule has 0 spiro atoms. The van der Waals surface area contributed by atoms with Gasteiger partial charge in [-0.3, -0.25) is 4.72 Å². The minimum Gasteiger partial charge on any atom is -0.398 e. The Morgan fingerprint density at radius 1 is 1.35 bits per heavy atom. The minimum absolute atomic E-state index is 0.278. The Hall–Kier alpha value is -1.05. The third-order valence-electron chi connectivity index (χ3n) is 2.88. The van der Waals surface area contributed by atoms with Gasteiger partial charge in [0.15, 0.2) is 0 Å². The van der Waals surface area contributed by atoms with Crippen molar-refractivity contribution in [2.45, 2.75) is 24.5 Å². The molecular formula is C13H15BrN2O2S2. The maximum atomic E-state index is 12.3. The first kappa shape index (κ1) is 15.3. The zero-order valence-corrected chi connectivity index (χ0v) is 14.3. The SMILES string of the molecule is CCc1ccc(NS(=O)(=O)c2cc(C)c(Br)s2)cc1N. The predicted octanol–water partition coefficient (Wildman–Crippen LogP) is 3.76. The molecule has 0 saturated carbocycles. The molecule has 0 aliphatic carbocycles. The van der Waals surface area contributed by atoms with Gasteiger partial charge >= 0.3 is 0 Å². The summed E-state index contributed by atoms with van der Waals surface area (Å²) in [6, 6.07) is 6.85. The van der Waals surface area contributed by atoms with Crippen molar-refractivity contribution in [3.8, 4) is 0 Å². The molecule has 108 valence electrons. The summed E-state index contributed by atoms with van der Waals surface area (Å²) < 4.78 is 28.2. The summed E-state index contributed by atoms with van der Waals surface area (Å²) in [5.41, 5.74) is 8.85. The molecule has 0 aliphatic rings. The summed E-state index contributed by atoms with van der Waals surface area (Å²) in [6.45, 7) is 3.86. The van der Waals surface area contributed by atoms with E-state index in [9.17, 15) is 8.42 Å². The second kappa shape index (κ2) is 5.75. The summed E-state index contributed by atoms with van der Waals surface area (Å²) in [5, 5.41) is 0. The monoisotopic (exact) mass is 374 g/mol. The van der Waals surface area contributed by atoms with Crippen molar-refractivity contribution in [1.29, 1.82) is 0 Å². The summed E-state index contributed by atoms with van der Waals surface area (Å²) in [7, 11) is -3.57. The molecule has 1 aromatic heterocycles. The summed E-state index contributed by atoms with van der Waals surface area (Å²) >= 11 is 4.52. The highest BCUT2D eigenvalue weighted by Crippen LogP contribution is 2.32. The van der Waals surface area contributed by atoms with E-state index in [0.29, 0.717) is 11.4 Å². The lowest BCUT2D eigenvalue weighted by molar-refractivity contribution is 0.603. The Bertz CT molecular complexity index is 719. The number of nitrogens with two attached hydrogens (primary N) is 1. The Kier molecular flexibility index (Phi) is 4.41. The molecule has 2 rings (SSSR count). The molecule has 4 nitrogen and oxygen atoms in total. The largest absolute Gasteiger partial charge is 0.398 e. The molecule has 1 heterocycles. The number of hydrogen-bond acceptors (Lipinski definition) is 4. The van der Waals surface area contributed by atoms with E-state index in [-0.39, 0.29) is 4.21 Å². The van der Waals surface area contributed by atoms with Crippen LogP contribution < -0.4 is 10.5 Å². The number of thiophene rings is 1. The number of aryl methyl sites for hydroxylation is 2. The molecular weight excluding hydrogens is 360 g/mol. The van der Waals surface area contributed by atoms with E-state index in [1.165, 1.54) is 11.3 Å². The zero-order valence-electron chi connectivity index (χ0n) is 11.1. The van der Waals surface area contributed by atoms with Crippen LogP contribution in [0.1, 0.15) is 18.1 Å². The van der Waals surface area contributed by atoms with E-state index in [2.05, 4.69) is 20.7 Å². The molecule has 0 amide bonds. The molecule has 0 atom stereocenters. The first-order chi connectivity index (χ1) is 9.33. The van der Waals surface area contributed by atoms with Crippen molar-refractivity contribution >= 4 is 48.7 Å². The predicted molar refractivity (Wildman–Crippen MR) is 87.8 cm³/mol. The number of nitrogen functional groups attached to an aromatic ring is 1. The third kappa shape index (κ3) is 3.16. The van der Waals surface area contributed by atoms with E-state index >= 15 is 0 Å². The van der Waals surface area contributed by atoms with Gasteiger partial charge in [-0.2, -0.15) is 0 Å². The number of anilines is 2. The molecule has 2 aromatic rings. The van der Waals surface area contributed by atoms with Gasteiger partial charge in [0, 0.05) is 5.69 Å². The number of rotatable bonds is 4. The van der Waals surface area contributed by atoms with Crippen LogP contribution in [0.25, 0.3) is 0 Å². The van der Waals surface area contributed by atoms with Gasteiger partial charge in [-0.15, -0.1) is 11.3 Å². The Labute approximate surface area is 131 Å². The summed E-state index contributed by atoms with van der Waals surface area (Å²) in [4.78, 5) is 0. The lowest BCUT2D eigenvalue weighted by Gasteiger charge is -2.09. The quantitative estimate of drug-likeness (QED) is 0.800. The van der Waals surface area contributed by atoms with Crippen LogP contribution in [0.15, 0.2) is 32.3 Å². The summed E-state index contributed by atoms with van der Waals surface area (Å²) in [6.07, 6.45) is 0.815. The van der Waals surface area contributed by atoms with Gasteiger partial charge in [0.25, 0.3) is 10.0 Å². The van der Waals surface area contributed by atoms with Gasteiger partial charge < -0.3 is 5.73 Å². The van der Waals surface area contributed by atoms with Gasteiger partial charge in [0.2, 0.25) is 0 Å². The lowest BCUT2D eigenvalue weighted by atomic mass is 10.1. The first-order valence-corrected chi connectivity index (χ1v) is 9.10. The average Bonchev–Trinajstić information content (AvgIpc) is 2.70. The second-order valence-corrected chi connectivity index (χ2v) is 8.67. The number of hydrogen-bond donors (Lipinski definition) is 2. The maximum Gasteiger partial charge on any atom is 0.271 e. The van der Waals surface area contributed by atoms with Crippen molar-refractivity contribution in [3.05, 3.63) is 39.2 Å². The molecule has 20 heavy (non-hydrogen) atoms. The van der Waals surface area contributed by atoms with Gasteiger partial charge in [0.1, 0.15) is 4.21 Å². The molecule has 1 aromatic carbocycles. The maximum absolute atomic E-state index is 12.3. The van der Waals surface area contributed by atoms with Crippen LogP contribution in [-0.4, -0.2) is 8.42 Å². The Morgan fingerprint density at radius 2 is 2.05 bits per heavy atom. The van der Waals surface area contributed by atoms with Gasteiger partial charge in [-0.05, 0) is 58.6 Å². The Morgan fingerprint density at radius 3 is 2.55 bits per heavy atom. The normalized spacial score (nSPS) is 11.6. The second-order valence-electron chi connectivity index (χ2n) is 4.39. The van der Waals surface area contributed by atoms with E-state index in [1.54, 1.807) is 18.2 Å². The molecule has 0 unspecified atom stereocenters. The average molecular weight is 375 g/mol. The fraction of sp³-hybridized carbons (Fsp3) is 0.231. The van der Waals surface area contributed by atoms with Gasteiger partial charge in [-0.25, -0.2) is 8.42 Å². The van der Waals surface area contributed by atoms with Crippen molar-refractivity contribution < 1.29 is 8.42 Å². The molecule has 0 saturated heterocycles. The van der Waals surface area contributed by atoms with Crippen LogP contribution in [0.5, 0.6) is 0 Å². The van der Waals surface area contributed by atoms with Gasteiger partial charge in [0.05, 0.1) is 9.47 Å². The van der Waals surface area contributed by atoms with E-state index in [4.69, 9.17) is 5.73 Å². The number of nitrogens with one attached hydrogen (secondary N) is 1. The molecule has 0 fully saturated rings. The fourth-order valence-electron chi connectivity index (χ4n) is 1.75. The molecule has 0 aliphatic heterocycles. The lowest BCUT2D eigenvalue weighted by Crippen LogP contribution is -2.11. The van der Waals surface area contributed by atoms with Crippen LogP contribution >= 0.6 is 27.3 Å². The minimum atomic E-state index is -3.57. The van der Waals surface area contributed by atoms with Crippen LogP contribution in [0.2, 0.25) is 0 Å². The highest BCUT2D eigenvalue weighted by molar-refractivity contribution is 9.11. The Balaban J connectivity index is 2.31. The van der Waals surface area contributed by atoms with Crippen molar-refractivity contribution in [3.63, 3.8) is 0 Å². The number of sulfonamides is 1. The smallest absolute Gasteiger partial charge is 0.271 e.